The standard InChI is InChI=1S/C29H31NO2/c1-29(2,31)27-18-22-9-8-21-10-12-23(14-15-24(27)13-11-22)26(17-21)28-30-25(19-32-28)16-20-6-4-3-5-7-20/h3-7,10-13,17-18,25,31H,8-9,14-16,19H2,1-2H3/t25-/m0/s1. The van der Waals surface area contributed by atoms with Gasteiger partial charge in [-0.05, 0) is 85.4 Å². The van der Waals surface area contributed by atoms with Crippen molar-refractivity contribution in [3.8, 4) is 0 Å². The van der Waals surface area contributed by atoms with Gasteiger partial charge in [0.2, 0.25) is 5.90 Å². The van der Waals surface area contributed by atoms with E-state index in [9.17, 15) is 5.11 Å². The number of aliphatic imine (C=N–C) groups is 1. The summed E-state index contributed by atoms with van der Waals surface area (Å²) in [5, 5.41) is 10.8. The molecule has 0 radical (unpaired) electrons. The number of benzene rings is 3. The summed E-state index contributed by atoms with van der Waals surface area (Å²) in [5.41, 5.74) is 7.69. The molecule has 3 aromatic carbocycles. The van der Waals surface area contributed by atoms with E-state index < -0.39 is 5.60 Å². The lowest BCUT2D eigenvalue weighted by molar-refractivity contribution is 0.0775. The molecule has 1 N–H and O–H groups in total. The molecule has 1 aliphatic heterocycles. The number of hydrogen-bond donors (Lipinski definition) is 1. The summed E-state index contributed by atoms with van der Waals surface area (Å²) in [6.07, 6.45) is 4.58. The van der Waals surface area contributed by atoms with Crippen LogP contribution >= 0.6 is 0 Å². The van der Waals surface area contributed by atoms with E-state index in [4.69, 9.17) is 9.73 Å². The quantitative estimate of drug-likeness (QED) is 0.625. The molecular formula is C29H31NO2. The maximum absolute atomic E-state index is 10.8. The minimum Gasteiger partial charge on any atom is -0.475 e. The summed E-state index contributed by atoms with van der Waals surface area (Å²) in [5.74, 6) is 0.788. The highest BCUT2D eigenvalue weighted by atomic mass is 16.5. The van der Waals surface area contributed by atoms with Crippen molar-refractivity contribution in [1.29, 1.82) is 0 Å². The Morgan fingerprint density at radius 2 is 1.56 bits per heavy atom. The van der Waals surface area contributed by atoms with Gasteiger partial charge in [0.1, 0.15) is 6.61 Å². The van der Waals surface area contributed by atoms with Crippen molar-refractivity contribution in [2.45, 2.75) is 57.6 Å². The molecular weight excluding hydrogens is 394 g/mol. The average molecular weight is 426 g/mol. The Balaban J connectivity index is 1.45. The summed E-state index contributed by atoms with van der Waals surface area (Å²) in [6.45, 7) is 4.40. The molecule has 5 aliphatic rings. The Hall–Kier alpha value is -2.91. The second kappa shape index (κ2) is 8.55. The Bertz CT molecular complexity index is 1140. The Morgan fingerprint density at radius 1 is 0.875 bits per heavy atom. The van der Waals surface area contributed by atoms with Gasteiger partial charge < -0.3 is 9.84 Å². The molecule has 4 bridgehead atoms. The number of nitrogens with zero attached hydrogens (tertiary/aromatic N) is 1. The van der Waals surface area contributed by atoms with E-state index in [0.29, 0.717) is 6.61 Å². The fourth-order valence-corrected chi connectivity index (χ4v) is 4.87. The molecule has 3 nitrogen and oxygen atoms in total. The van der Waals surface area contributed by atoms with Crippen LogP contribution < -0.4 is 0 Å². The lowest BCUT2D eigenvalue weighted by Crippen LogP contribution is -2.19. The topological polar surface area (TPSA) is 41.8 Å². The van der Waals surface area contributed by atoms with E-state index in [1.807, 2.05) is 19.9 Å². The Labute approximate surface area is 190 Å². The van der Waals surface area contributed by atoms with Gasteiger partial charge in [0.15, 0.2) is 0 Å². The first kappa shape index (κ1) is 21.0. The van der Waals surface area contributed by atoms with Gasteiger partial charge in [-0.25, -0.2) is 4.99 Å². The van der Waals surface area contributed by atoms with Gasteiger partial charge in [-0.1, -0.05) is 60.7 Å². The number of ether oxygens (including phenoxy) is 1. The minimum absolute atomic E-state index is 0.163. The van der Waals surface area contributed by atoms with Crippen LogP contribution in [0.4, 0.5) is 0 Å². The molecule has 32 heavy (non-hydrogen) atoms. The molecule has 164 valence electrons. The molecule has 0 amide bonds. The molecule has 1 heterocycles. The van der Waals surface area contributed by atoms with E-state index in [2.05, 4.69) is 60.7 Å². The zero-order valence-electron chi connectivity index (χ0n) is 19.0. The first-order valence-corrected chi connectivity index (χ1v) is 11.7. The van der Waals surface area contributed by atoms with E-state index in [0.717, 1.165) is 49.1 Å². The molecule has 0 saturated carbocycles. The van der Waals surface area contributed by atoms with Crippen LogP contribution in [0.5, 0.6) is 0 Å². The summed E-state index contributed by atoms with van der Waals surface area (Å²) >= 11 is 0. The Morgan fingerprint density at radius 3 is 2.31 bits per heavy atom. The molecule has 8 rings (SSSR count). The second-order valence-electron chi connectivity index (χ2n) is 9.63. The minimum atomic E-state index is -0.843. The lowest BCUT2D eigenvalue weighted by Gasteiger charge is -2.24. The maximum Gasteiger partial charge on any atom is 0.216 e. The van der Waals surface area contributed by atoms with Gasteiger partial charge in [-0.15, -0.1) is 0 Å². The van der Waals surface area contributed by atoms with Gasteiger partial charge in [0.05, 0.1) is 11.6 Å². The van der Waals surface area contributed by atoms with Crippen molar-refractivity contribution in [2.24, 2.45) is 4.99 Å². The van der Waals surface area contributed by atoms with Crippen molar-refractivity contribution in [2.75, 3.05) is 6.61 Å². The van der Waals surface area contributed by atoms with E-state index in [-0.39, 0.29) is 6.04 Å². The summed E-state index contributed by atoms with van der Waals surface area (Å²) in [4.78, 5) is 4.98. The van der Waals surface area contributed by atoms with E-state index >= 15 is 0 Å². The van der Waals surface area contributed by atoms with Crippen LogP contribution in [0.3, 0.4) is 0 Å². The third-order valence-electron chi connectivity index (χ3n) is 6.63. The van der Waals surface area contributed by atoms with Crippen LogP contribution in [0.15, 0.2) is 71.7 Å². The zero-order valence-corrected chi connectivity index (χ0v) is 19.0. The summed E-state index contributed by atoms with van der Waals surface area (Å²) in [6, 6.07) is 24.1. The third kappa shape index (κ3) is 4.49. The normalized spacial score (nSPS) is 18.1. The maximum atomic E-state index is 10.8. The smallest absolute Gasteiger partial charge is 0.216 e. The van der Waals surface area contributed by atoms with Crippen LogP contribution in [0.25, 0.3) is 0 Å². The third-order valence-corrected chi connectivity index (χ3v) is 6.63. The average Bonchev–Trinajstić information content (AvgIpc) is 3.23. The molecule has 3 aromatic rings. The van der Waals surface area contributed by atoms with Crippen molar-refractivity contribution in [3.05, 3.63) is 106 Å². The highest BCUT2D eigenvalue weighted by Crippen LogP contribution is 2.29. The van der Waals surface area contributed by atoms with Crippen LogP contribution in [0.2, 0.25) is 0 Å². The molecule has 1 atom stereocenters. The SMILES string of the molecule is CC(C)(O)c1cc2ccc1CCc1ccc(cc1C1=N[C@@H](Cc3ccccc3)CO1)CC2. The van der Waals surface area contributed by atoms with E-state index in [1.54, 1.807) is 0 Å². The van der Waals surface area contributed by atoms with Crippen molar-refractivity contribution >= 4 is 5.90 Å². The van der Waals surface area contributed by atoms with Crippen molar-refractivity contribution in [3.63, 3.8) is 0 Å². The largest absolute Gasteiger partial charge is 0.475 e. The molecule has 3 heteroatoms. The van der Waals surface area contributed by atoms with Crippen LogP contribution in [0.1, 0.15) is 52.8 Å². The van der Waals surface area contributed by atoms with E-state index in [1.165, 1.54) is 27.8 Å². The van der Waals surface area contributed by atoms with Gasteiger partial charge in [0.25, 0.3) is 0 Å². The van der Waals surface area contributed by atoms with Gasteiger partial charge in [-0.3, -0.25) is 0 Å². The predicted octanol–water partition coefficient (Wildman–Crippen LogP) is 5.19. The summed E-state index contributed by atoms with van der Waals surface area (Å²) < 4.78 is 6.13. The van der Waals surface area contributed by atoms with Crippen LogP contribution in [-0.4, -0.2) is 23.7 Å². The number of hydrogen-bond acceptors (Lipinski definition) is 3. The summed E-state index contributed by atoms with van der Waals surface area (Å²) in [7, 11) is 0. The second-order valence-corrected chi connectivity index (χ2v) is 9.63. The first-order chi connectivity index (χ1) is 15.5. The van der Waals surface area contributed by atoms with Crippen LogP contribution in [-0.2, 0) is 42.4 Å². The number of aliphatic hydroxyl groups is 1. The molecule has 0 unspecified atom stereocenters. The highest BCUT2D eigenvalue weighted by molar-refractivity contribution is 5.96. The first-order valence-electron chi connectivity index (χ1n) is 11.7. The monoisotopic (exact) mass is 425 g/mol. The number of rotatable bonds is 4. The molecule has 0 saturated heterocycles. The molecule has 4 aliphatic carbocycles. The van der Waals surface area contributed by atoms with Crippen molar-refractivity contribution < 1.29 is 9.84 Å². The molecule has 0 spiro atoms. The number of aryl methyl sites for hydroxylation is 4. The fourth-order valence-electron chi connectivity index (χ4n) is 4.87. The van der Waals surface area contributed by atoms with Crippen molar-refractivity contribution in [1.82, 2.24) is 0 Å². The van der Waals surface area contributed by atoms with Gasteiger partial charge in [0, 0.05) is 5.56 Å². The Kier molecular flexibility index (Phi) is 5.60. The molecule has 0 fully saturated rings. The fraction of sp³-hybridized carbons (Fsp3) is 0.345. The molecule has 0 aromatic heterocycles. The van der Waals surface area contributed by atoms with Crippen LogP contribution in [0, 0.1) is 0 Å². The zero-order chi connectivity index (χ0) is 22.1. The van der Waals surface area contributed by atoms with Gasteiger partial charge >= 0.3 is 0 Å². The highest BCUT2D eigenvalue weighted by Gasteiger charge is 2.24. The lowest BCUT2D eigenvalue weighted by atomic mass is 9.86. The van der Waals surface area contributed by atoms with Gasteiger partial charge in [-0.2, -0.15) is 0 Å². The predicted molar refractivity (Wildman–Crippen MR) is 129 cm³/mol.